The number of nitrogens with zero attached hydrogens (tertiary/aromatic N) is 8. The minimum absolute atomic E-state index is 0.656. The number of rotatable bonds is 6. The van der Waals surface area contributed by atoms with Gasteiger partial charge in [-0.25, -0.2) is 9.97 Å². The summed E-state index contributed by atoms with van der Waals surface area (Å²) in [5.41, 5.74) is 2.65. The van der Waals surface area contributed by atoms with Gasteiger partial charge in [-0.2, -0.15) is 10.2 Å². The Morgan fingerprint density at radius 1 is 0.800 bits per heavy atom. The highest BCUT2D eigenvalue weighted by molar-refractivity contribution is 5.51. The number of aryl methyl sites for hydroxylation is 2. The summed E-state index contributed by atoms with van der Waals surface area (Å²) in [6, 6.07) is 2.18. The minimum Gasteiger partial charge on any atom is -0.356 e. The van der Waals surface area contributed by atoms with Crippen molar-refractivity contribution in [2.45, 2.75) is 25.7 Å². The Kier molecular flexibility index (Phi) is 5.14. The molecule has 3 aromatic rings. The van der Waals surface area contributed by atoms with Crippen molar-refractivity contribution in [2.75, 3.05) is 36.0 Å². The smallest absolute Gasteiger partial charge is 0.134 e. The van der Waals surface area contributed by atoms with Crippen molar-refractivity contribution < 1.29 is 0 Å². The fourth-order valence-electron chi connectivity index (χ4n) is 4.92. The molecule has 0 spiro atoms. The summed E-state index contributed by atoms with van der Waals surface area (Å²) >= 11 is 0. The molecule has 5 heterocycles. The van der Waals surface area contributed by atoms with Crippen molar-refractivity contribution >= 4 is 11.6 Å². The zero-order valence-electron chi connectivity index (χ0n) is 17.9. The SMILES string of the molecule is Cn1cc(CC2CCN(c3cc(N4CCC(Cc5cnn(C)c5)C4)ncn3)C2)cn1. The topological polar surface area (TPSA) is 67.9 Å². The van der Waals surface area contributed by atoms with Crippen LogP contribution in [0.3, 0.4) is 0 Å². The first kappa shape index (κ1) is 19.1. The standard InChI is InChI=1S/C22H30N8/c1-27-12-19(10-25-27)7-17-3-5-29(14-17)21-9-22(24-16-23-21)30-6-4-18(15-30)8-20-11-26-28(2)13-20/h9-13,16-18H,3-8,14-15H2,1-2H3. The van der Waals surface area contributed by atoms with E-state index in [1.165, 1.54) is 24.0 Å². The second-order valence-corrected chi connectivity index (χ2v) is 8.89. The van der Waals surface area contributed by atoms with E-state index in [0.29, 0.717) is 11.8 Å². The van der Waals surface area contributed by atoms with Gasteiger partial charge in [0, 0.05) is 58.7 Å². The predicted octanol–water partition coefficient (Wildman–Crippen LogP) is 2.08. The van der Waals surface area contributed by atoms with Crippen LogP contribution in [0, 0.1) is 11.8 Å². The average molecular weight is 407 g/mol. The Morgan fingerprint density at radius 2 is 1.30 bits per heavy atom. The number of hydrogen-bond acceptors (Lipinski definition) is 6. The van der Waals surface area contributed by atoms with Gasteiger partial charge >= 0.3 is 0 Å². The summed E-state index contributed by atoms with van der Waals surface area (Å²) in [6.07, 6.45) is 14.5. The van der Waals surface area contributed by atoms with Crippen LogP contribution in [0.25, 0.3) is 0 Å². The molecule has 0 saturated carbocycles. The lowest BCUT2D eigenvalue weighted by atomic mass is 10.0. The van der Waals surface area contributed by atoms with Crippen LogP contribution in [0.4, 0.5) is 11.6 Å². The van der Waals surface area contributed by atoms with Gasteiger partial charge in [-0.15, -0.1) is 0 Å². The van der Waals surface area contributed by atoms with E-state index in [2.05, 4.69) is 48.4 Å². The molecule has 0 N–H and O–H groups in total. The molecule has 2 fully saturated rings. The maximum atomic E-state index is 4.59. The van der Waals surface area contributed by atoms with E-state index in [0.717, 1.165) is 50.7 Å². The second kappa shape index (κ2) is 8.08. The molecule has 0 aromatic carbocycles. The van der Waals surface area contributed by atoms with Gasteiger partial charge in [0.25, 0.3) is 0 Å². The molecule has 158 valence electrons. The third-order valence-corrected chi connectivity index (χ3v) is 6.42. The highest BCUT2D eigenvalue weighted by Gasteiger charge is 2.27. The maximum absolute atomic E-state index is 4.59. The van der Waals surface area contributed by atoms with Crippen molar-refractivity contribution in [2.24, 2.45) is 25.9 Å². The van der Waals surface area contributed by atoms with Gasteiger partial charge in [0.05, 0.1) is 12.4 Å². The molecule has 2 aliphatic rings. The van der Waals surface area contributed by atoms with Gasteiger partial charge in [-0.1, -0.05) is 0 Å². The van der Waals surface area contributed by atoms with Crippen LogP contribution in [-0.2, 0) is 26.9 Å². The van der Waals surface area contributed by atoms with Crippen LogP contribution in [0.1, 0.15) is 24.0 Å². The van der Waals surface area contributed by atoms with Crippen LogP contribution in [0.5, 0.6) is 0 Å². The lowest BCUT2D eigenvalue weighted by Crippen LogP contribution is -2.24. The monoisotopic (exact) mass is 406 g/mol. The first-order valence-electron chi connectivity index (χ1n) is 10.9. The largest absolute Gasteiger partial charge is 0.356 e. The molecule has 2 atom stereocenters. The molecule has 2 aliphatic heterocycles. The first-order valence-corrected chi connectivity index (χ1v) is 10.9. The van der Waals surface area contributed by atoms with Crippen LogP contribution in [0.2, 0.25) is 0 Å². The maximum Gasteiger partial charge on any atom is 0.134 e. The van der Waals surface area contributed by atoms with Crippen molar-refractivity contribution in [3.63, 3.8) is 0 Å². The van der Waals surface area contributed by atoms with Crippen LogP contribution in [0.15, 0.2) is 37.2 Å². The third-order valence-electron chi connectivity index (χ3n) is 6.42. The molecule has 5 rings (SSSR count). The van der Waals surface area contributed by atoms with E-state index >= 15 is 0 Å². The van der Waals surface area contributed by atoms with Crippen LogP contribution >= 0.6 is 0 Å². The first-order chi connectivity index (χ1) is 14.6. The van der Waals surface area contributed by atoms with Gasteiger partial charge in [0.1, 0.15) is 18.0 Å². The van der Waals surface area contributed by atoms with E-state index in [1.54, 1.807) is 6.33 Å². The fraction of sp³-hybridized carbons (Fsp3) is 0.545. The van der Waals surface area contributed by atoms with Gasteiger partial charge in [0.15, 0.2) is 0 Å². The Bertz CT molecular complexity index is 917. The average Bonchev–Trinajstić information content (AvgIpc) is 3.52. The van der Waals surface area contributed by atoms with Gasteiger partial charge < -0.3 is 9.80 Å². The summed E-state index contributed by atoms with van der Waals surface area (Å²) in [5.74, 6) is 3.43. The molecule has 0 aliphatic carbocycles. The van der Waals surface area contributed by atoms with Crippen LogP contribution < -0.4 is 9.80 Å². The summed E-state index contributed by atoms with van der Waals surface area (Å²) in [5, 5.41) is 8.59. The molecular weight excluding hydrogens is 376 g/mol. The Balaban J connectivity index is 1.19. The van der Waals surface area contributed by atoms with E-state index in [1.807, 2.05) is 35.9 Å². The fourth-order valence-corrected chi connectivity index (χ4v) is 4.92. The minimum atomic E-state index is 0.656. The quantitative estimate of drug-likeness (QED) is 0.624. The number of anilines is 2. The molecule has 3 aromatic heterocycles. The van der Waals surface area contributed by atoms with Crippen molar-refractivity contribution in [3.8, 4) is 0 Å². The lowest BCUT2D eigenvalue weighted by molar-refractivity contribution is 0.585. The van der Waals surface area contributed by atoms with Crippen molar-refractivity contribution in [1.82, 2.24) is 29.5 Å². The van der Waals surface area contributed by atoms with Crippen LogP contribution in [-0.4, -0.2) is 55.7 Å². The number of hydrogen-bond donors (Lipinski definition) is 0. The van der Waals surface area contributed by atoms with E-state index < -0.39 is 0 Å². The molecule has 8 heteroatoms. The molecule has 8 nitrogen and oxygen atoms in total. The normalized spacial score (nSPS) is 21.7. The molecular formula is C22H30N8. The van der Waals surface area contributed by atoms with Gasteiger partial charge in [-0.05, 0) is 48.6 Å². The molecule has 2 saturated heterocycles. The summed E-state index contributed by atoms with van der Waals surface area (Å²) in [6.45, 7) is 4.22. The predicted molar refractivity (Wildman–Crippen MR) is 116 cm³/mol. The lowest BCUT2D eigenvalue weighted by Gasteiger charge is -2.21. The summed E-state index contributed by atoms with van der Waals surface area (Å²) < 4.78 is 3.77. The molecule has 0 amide bonds. The summed E-state index contributed by atoms with van der Waals surface area (Å²) in [4.78, 5) is 14.0. The van der Waals surface area contributed by atoms with E-state index in [-0.39, 0.29) is 0 Å². The van der Waals surface area contributed by atoms with Crippen molar-refractivity contribution in [1.29, 1.82) is 0 Å². The zero-order valence-corrected chi connectivity index (χ0v) is 17.9. The highest BCUT2D eigenvalue weighted by atomic mass is 15.3. The Labute approximate surface area is 177 Å². The van der Waals surface area contributed by atoms with Crippen molar-refractivity contribution in [3.05, 3.63) is 48.3 Å². The highest BCUT2D eigenvalue weighted by Crippen LogP contribution is 2.29. The summed E-state index contributed by atoms with van der Waals surface area (Å²) in [7, 11) is 3.96. The molecule has 0 radical (unpaired) electrons. The Hall–Kier alpha value is -2.90. The molecule has 30 heavy (non-hydrogen) atoms. The zero-order chi connectivity index (χ0) is 20.5. The van der Waals surface area contributed by atoms with E-state index in [4.69, 9.17) is 0 Å². The number of aromatic nitrogens is 6. The van der Waals surface area contributed by atoms with Gasteiger partial charge in [-0.3, -0.25) is 9.36 Å². The third kappa shape index (κ3) is 4.17. The van der Waals surface area contributed by atoms with E-state index in [9.17, 15) is 0 Å². The van der Waals surface area contributed by atoms with Gasteiger partial charge in [0.2, 0.25) is 0 Å². The molecule has 2 unspecified atom stereocenters. The second-order valence-electron chi connectivity index (χ2n) is 8.89. The Morgan fingerprint density at radius 3 is 1.73 bits per heavy atom. The molecule has 0 bridgehead atoms.